The Balaban J connectivity index is 2.95. The standard InChI is InChI=1S/C11H11FO2/c1-3-6-14-11-5-4-9(8(2)13)7-10(11)12/h3-7H,1-2H3. The average molecular weight is 194 g/mol. The number of carbonyl (C=O) groups is 1. The van der Waals surface area contributed by atoms with Crippen LogP contribution in [0.5, 0.6) is 5.75 Å². The number of Topliss-reactive ketones (excluding diaryl/α,β-unsaturated/α-hetero) is 1. The highest BCUT2D eigenvalue weighted by Crippen LogP contribution is 2.18. The molecule has 0 amide bonds. The van der Waals surface area contributed by atoms with Gasteiger partial charge in [-0.05, 0) is 32.0 Å². The van der Waals surface area contributed by atoms with E-state index < -0.39 is 5.82 Å². The van der Waals surface area contributed by atoms with E-state index in [-0.39, 0.29) is 11.5 Å². The number of hydrogen-bond donors (Lipinski definition) is 0. The second kappa shape index (κ2) is 4.56. The topological polar surface area (TPSA) is 26.3 Å². The van der Waals surface area contributed by atoms with Crippen molar-refractivity contribution in [3.63, 3.8) is 0 Å². The summed E-state index contributed by atoms with van der Waals surface area (Å²) < 4.78 is 18.2. The zero-order chi connectivity index (χ0) is 10.6. The highest BCUT2D eigenvalue weighted by molar-refractivity contribution is 5.94. The lowest BCUT2D eigenvalue weighted by Crippen LogP contribution is -1.94. The van der Waals surface area contributed by atoms with E-state index in [9.17, 15) is 9.18 Å². The molecule has 0 fully saturated rings. The molecule has 3 heteroatoms. The van der Waals surface area contributed by atoms with Crippen LogP contribution in [0.3, 0.4) is 0 Å². The van der Waals surface area contributed by atoms with Gasteiger partial charge in [-0.2, -0.15) is 0 Å². The van der Waals surface area contributed by atoms with E-state index in [0.717, 1.165) is 0 Å². The molecular formula is C11H11FO2. The Morgan fingerprint density at radius 1 is 1.50 bits per heavy atom. The Kier molecular flexibility index (Phi) is 3.40. The molecule has 0 atom stereocenters. The van der Waals surface area contributed by atoms with Gasteiger partial charge in [0, 0.05) is 5.56 Å². The van der Waals surface area contributed by atoms with E-state index in [4.69, 9.17) is 4.74 Å². The van der Waals surface area contributed by atoms with Gasteiger partial charge in [0.2, 0.25) is 0 Å². The average Bonchev–Trinajstić information content (AvgIpc) is 2.15. The second-order valence-electron chi connectivity index (χ2n) is 2.79. The smallest absolute Gasteiger partial charge is 0.166 e. The zero-order valence-corrected chi connectivity index (χ0v) is 8.08. The van der Waals surface area contributed by atoms with Gasteiger partial charge >= 0.3 is 0 Å². The highest BCUT2D eigenvalue weighted by Gasteiger charge is 2.06. The normalized spacial score (nSPS) is 10.5. The summed E-state index contributed by atoms with van der Waals surface area (Å²) in [5, 5.41) is 0. The number of allylic oxidation sites excluding steroid dienone is 1. The molecule has 0 radical (unpaired) electrons. The van der Waals surface area contributed by atoms with Crippen LogP contribution in [0.15, 0.2) is 30.5 Å². The largest absolute Gasteiger partial charge is 0.462 e. The number of hydrogen-bond acceptors (Lipinski definition) is 2. The summed E-state index contributed by atoms with van der Waals surface area (Å²) in [4.78, 5) is 10.9. The molecule has 14 heavy (non-hydrogen) atoms. The first kappa shape index (κ1) is 10.4. The minimum atomic E-state index is -0.532. The molecule has 0 aliphatic rings. The molecule has 0 saturated heterocycles. The van der Waals surface area contributed by atoms with Crippen molar-refractivity contribution in [3.8, 4) is 5.75 Å². The van der Waals surface area contributed by atoms with Crippen LogP contribution in [0.25, 0.3) is 0 Å². The van der Waals surface area contributed by atoms with Gasteiger partial charge < -0.3 is 4.74 Å². The number of ketones is 1. The van der Waals surface area contributed by atoms with Crippen molar-refractivity contribution < 1.29 is 13.9 Å². The summed E-state index contributed by atoms with van der Waals surface area (Å²) in [6.45, 7) is 3.16. The summed E-state index contributed by atoms with van der Waals surface area (Å²) in [5.74, 6) is -0.578. The SMILES string of the molecule is CC=COc1ccc(C(C)=O)cc1F. The van der Waals surface area contributed by atoms with Gasteiger partial charge in [0.05, 0.1) is 6.26 Å². The predicted molar refractivity (Wildman–Crippen MR) is 51.8 cm³/mol. The summed E-state index contributed by atoms with van der Waals surface area (Å²) in [7, 11) is 0. The fourth-order valence-corrected chi connectivity index (χ4v) is 0.957. The number of benzene rings is 1. The van der Waals surface area contributed by atoms with Crippen LogP contribution in [0.1, 0.15) is 24.2 Å². The minimum absolute atomic E-state index is 0.119. The second-order valence-corrected chi connectivity index (χ2v) is 2.79. The molecule has 0 heterocycles. The molecule has 1 aromatic rings. The van der Waals surface area contributed by atoms with Crippen molar-refractivity contribution >= 4 is 5.78 Å². The first-order valence-corrected chi connectivity index (χ1v) is 4.23. The number of ether oxygens (including phenoxy) is 1. The fraction of sp³-hybridized carbons (Fsp3) is 0.182. The van der Waals surface area contributed by atoms with Gasteiger partial charge in [-0.15, -0.1) is 0 Å². The van der Waals surface area contributed by atoms with Crippen molar-refractivity contribution in [1.82, 2.24) is 0 Å². The third-order valence-corrected chi connectivity index (χ3v) is 1.67. The van der Waals surface area contributed by atoms with Crippen LogP contribution < -0.4 is 4.74 Å². The molecule has 0 aromatic heterocycles. The minimum Gasteiger partial charge on any atom is -0.462 e. The highest BCUT2D eigenvalue weighted by atomic mass is 19.1. The number of carbonyl (C=O) groups excluding carboxylic acids is 1. The van der Waals surface area contributed by atoms with Crippen molar-refractivity contribution in [2.45, 2.75) is 13.8 Å². The van der Waals surface area contributed by atoms with Gasteiger partial charge in [0.15, 0.2) is 17.3 Å². The van der Waals surface area contributed by atoms with Crippen molar-refractivity contribution in [1.29, 1.82) is 0 Å². The van der Waals surface area contributed by atoms with Gasteiger partial charge in [0.25, 0.3) is 0 Å². The van der Waals surface area contributed by atoms with Crippen LogP contribution in [-0.2, 0) is 0 Å². The molecule has 74 valence electrons. The molecule has 1 rings (SSSR count). The van der Waals surface area contributed by atoms with E-state index >= 15 is 0 Å². The monoisotopic (exact) mass is 194 g/mol. The number of rotatable bonds is 3. The third-order valence-electron chi connectivity index (χ3n) is 1.67. The number of halogens is 1. The summed E-state index contributed by atoms with van der Waals surface area (Å²) in [5.41, 5.74) is 0.343. The lowest BCUT2D eigenvalue weighted by Gasteiger charge is -2.02. The first-order chi connectivity index (χ1) is 6.65. The van der Waals surface area contributed by atoms with Crippen LogP contribution in [0, 0.1) is 5.82 Å². The van der Waals surface area contributed by atoms with E-state index in [1.165, 1.54) is 31.4 Å². The predicted octanol–water partition coefficient (Wildman–Crippen LogP) is 2.94. The van der Waals surface area contributed by atoms with E-state index in [2.05, 4.69) is 0 Å². The maximum atomic E-state index is 13.2. The van der Waals surface area contributed by atoms with Gasteiger partial charge in [-0.1, -0.05) is 6.08 Å². The summed E-state index contributed by atoms with van der Waals surface area (Å²) in [6, 6.07) is 4.14. The molecule has 0 unspecified atom stereocenters. The Morgan fingerprint density at radius 2 is 2.21 bits per heavy atom. The van der Waals surface area contributed by atoms with E-state index in [0.29, 0.717) is 5.56 Å². The maximum absolute atomic E-state index is 13.2. The lowest BCUT2D eigenvalue weighted by atomic mass is 10.1. The van der Waals surface area contributed by atoms with Crippen LogP contribution >= 0.6 is 0 Å². The third kappa shape index (κ3) is 2.42. The van der Waals surface area contributed by atoms with Crippen molar-refractivity contribution in [2.24, 2.45) is 0 Å². The molecule has 0 aliphatic heterocycles. The van der Waals surface area contributed by atoms with Crippen molar-refractivity contribution in [2.75, 3.05) is 0 Å². The Labute approximate surface area is 82.0 Å². The summed E-state index contributed by atoms with van der Waals surface area (Å²) >= 11 is 0. The molecule has 0 bridgehead atoms. The van der Waals surface area contributed by atoms with Crippen LogP contribution in [0.2, 0.25) is 0 Å². The molecule has 0 N–H and O–H groups in total. The Hall–Kier alpha value is -1.64. The van der Waals surface area contributed by atoms with Crippen LogP contribution in [0.4, 0.5) is 4.39 Å². The van der Waals surface area contributed by atoms with E-state index in [1.807, 2.05) is 0 Å². The molecular weight excluding hydrogens is 183 g/mol. The molecule has 1 aromatic carbocycles. The maximum Gasteiger partial charge on any atom is 0.166 e. The molecule has 2 nitrogen and oxygen atoms in total. The fourth-order valence-electron chi connectivity index (χ4n) is 0.957. The first-order valence-electron chi connectivity index (χ1n) is 4.23. The lowest BCUT2D eigenvalue weighted by molar-refractivity contribution is 0.101. The zero-order valence-electron chi connectivity index (χ0n) is 8.08. The summed E-state index contributed by atoms with van der Waals surface area (Å²) in [6.07, 6.45) is 3.03. The van der Waals surface area contributed by atoms with Gasteiger partial charge in [0.1, 0.15) is 0 Å². The quantitative estimate of drug-likeness (QED) is 0.546. The van der Waals surface area contributed by atoms with Gasteiger partial charge in [-0.25, -0.2) is 4.39 Å². The van der Waals surface area contributed by atoms with Crippen LogP contribution in [-0.4, -0.2) is 5.78 Å². The Bertz CT molecular complexity index is 370. The Morgan fingerprint density at radius 3 is 2.71 bits per heavy atom. The molecule has 0 saturated carbocycles. The molecule has 0 spiro atoms. The van der Waals surface area contributed by atoms with Gasteiger partial charge in [-0.3, -0.25) is 4.79 Å². The van der Waals surface area contributed by atoms with E-state index in [1.54, 1.807) is 13.0 Å². The van der Waals surface area contributed by atoms with Crippen molar-refractivity contribution in [3.05, 3.63) is 41.9 Å². The molecule has 0 aliphatic carbocycles.